The van der Waals surface area contributed by atoms with E-state index < -0.39 is 0 Å². The number of phenols is 1. The third kappa shape index (κ3) is 5.10. The Kier molecular flexibility index (Phi) is 5.76. The van der Waals surface area contributed by atoms with E-state index >= 15 is 0 Å². The second-order valence-electron chi connectivity index (χ2n) is 7.50. The molecule has 0 atom stereocenters. The molecular weight excluding hydrogens is 292 g/mol. The molecule has 0 amide bonds. The van der Waals surface area contributed by atoms with E-state index in [2.05, 4.69) is 59.4 Å². The Labute approximate surface area is 138 Å². The van der Waals surface area contributed by atoms with E-state index in [0.29, 0.717) is 11.3 Å². The van der Waals surface area contributed by atoms with Crippen LogP contribution in [0.15, 0.2) is 12.1 Å². The monoisotopic (exact) mass is 318 g/mol. The highest BCUT2D eigenvalue weighted by Crippen LogP contribution is 2.37. The van der Waals surface area contributed by atoms with Gasteiger partial charge in [0.05, 0.1) is 11.3 Å². The van der Waals surface area contributed by atoms with Gasteiger partial charge < -0.3 is 5.11 Å². The summed E-state index contributed by atoms with van der Waals surface area (Å²) in [7, 11) is 0. The number of phenolic OH excluding ortho intramolecular Hbond substituents is 1. The normalized spacial score (nSPS) is 11.8. The topological polar surface area (TPSA) is 37.3 Å². The van der Waals surface area contributed by atoms with E-state index in [1.165, 1.54) is 18.7 Å². The highest BCUT2D eigenvalue weighted by molar-refractivity contribution is 8.13. The van der Waals surface area contributed by atoms with E-state index in [-0.39, 0.29) is 21.7 Å². The Morgan fingerprint density at radius 3 is 2.18 bits per heavy atom. The average molecular weight is 318 g/mol. The number of carbonyl (C=O) groups excluding carboxylic acids is 1. The minimum absolute atomic E-state index is 0.0156. The second-order valence-corrected chi connectivity index (χ2v) is 8.65. The van der Waals surface area contributed by atoms with Crippen molar-refractivity contribution in [2.75, 3.05) is 5.75 Å². The summed E-state index contributed by atoms with van der Waals surface area (Å²) in [6.07, 6.45) is 0. The minimum atomic E-state index is -0.157. The fourth-order valence-electron chi connectivity index (χ4n) is 2.00. The third-order valence-corrected chi connectivity index (χ3v) is 4.05. The summed E-state index contributed by atoms with van der Waals surface area (Å²) in [6.45, 7) is 14.2. The van der Waals surface area contributed by atoms with Gasteiger partial charge in [-0.15, -0.1) is 0 Å². The number of thioether (sulfide) groups is 1. The molecule has 1 aromatic rings. The van der Waals surface area contributed by atoms with Gasteiger partial charge in [0.2, 0.25) is 0 Å². The van der Waals surface area contributed by atoms with Crippen LogP contribution in [0.1, 0.15) is 65.2 Å². The third-order valence-electron chi connectivity index (χ3n) is 3.35. The molecule has 0 radical (unpaired) electrons. The molecule has 0 fully saturated rings. The minimum Gasteiger partial charge on any atom is -0.506 e. The van der Waals surface area contributed by atoms with Gasteiger partial charge in [-0.3, -0.25) is 4.79 Å². The summed E-state index contributed by atoms with van der Waals surface area (Å²) >= 11 is 1.18. The second kappa shape index (κ2) is 6.79. The summed E-state index contributed by atoms with van der Waals surface area (Å²) in [5.74, 6) is 6.68. The van der Waals surface area contributed by atoms with E-state index in [1.54, 1.807) is 0 Å². The van der Waals surface area contributed by atoms with Crippen LogP contribution in [0.3, 0.4) is 0 Å². The zero-order valence-corrected chi connectivity index (χ0v) is 15.4. The van der Waals surface area contributed by atoms with Crippen LogP contribution in [0.25, 0.3) is 0 Å². The van der Waals surface area contributed by atoms with Crippen molar-refractivity contribution in [1.82, 2.24) is 0 Å². The zero-order valence-electron chi connectivity index (χ0n) is 14.6. The van der Waals surface area contributed by atoms with Crippen LogP contribution in [0.2, 0.25) is 0 Å². The van der Waals surface area contributed by atoms with Crippen molar-refractivity contribution >= 4 is 16.9 Å². The molecule has 0 saturated carbocycles. The molecule has 0 saturated heterocycles. The first-order valence-electron chi connectivity index (χ1n) is 7.43. The molecule has 0 bridgehead atoms. The van der Waals surface area contributed by atoms with Crippen molar-refractivity contribution in [2.24, 2.45) is 0 Å². The Balaban J connectivity index is 3.34. The molecule has 0 heterocycles. The standard InChI is InChI=1S/C19H26O2S/c1-13(20)22-10-8-9-14-11-15(18(2,3)4)12-16(17(14)21)19(5,6)7/h11-12,21H,10H2,1-7H3. The SMILES string of the molecule is CC(=O)SCC#Cc1cc(C(C)(C)C)cc(C(C)(C)C)c1O. The van der Waals surface area contributed by atoms with Gasteiger partial charge in [-0.2, -0.15) is 0 Å². The van der Waals surface area contributed by atoms with Gasteiger partial charge in [-0.25, -0.2) is 0 Å². The van der Waals surface area contributed by atoms with Crippen LogP contribution in [0.4, 0.5) is 0 Å². The summed E-state index contributed by atoms with van der Waals surface area (Å²) in [5, 5.41) is 10.6. The van der Waals surface area contributed by atoms with Crippen molar-refractivity contribution in [3.8, 4) is 17.6 Å². The van der Waals surface area contributed by atoms with Crippen LogP contribution in [0, 0.1) is 11.8 Å². The first-order chi connectivity index (χ1) is 9.93. The van der Waals surface area contributed by atoms with Crippen LogP contribution < -0.4 is 0 Å². The lowest BCUT2D eigenvalue weighted by Crippen LogP contribution is -2.17. The first-order valence-corrected chi connectivity index (χ1v) is 8.41. The largest absolute Gasteiger partial charge is 0.506 e. The molecule has 1 aromatic carbocycles. The molecule has 2 nitrogen and oxygen atoms in total. The Morgan fingerprint density at radius 1 is 1.14 bits per heavy atom. The molecule has 120 valence electrons. The van der Waals surface area contributed by atoms with Gasteiger partial charge in [-0.05, 0) is 22.5 Å². The molecule has 1 N–H and O–H groups in total. The molecular formula is C19H26O2S. The maximum atomic E-state index is 10.9. The average Bonchev–Trinajstić information content (AvgIpc) is 2.33. The quantitative estimate of drug-likeness (QED) is 0.768. The van der Waals surface area contributed by atoms with Gasteiger partial charge in [0, 0.05) is 12.5 Å². The summed E-state index contributed by atoms with van der Waals surface area (Å²) in [6, 6.07) is 4.03. The van der Waals surface area contributed by atoms with E-state index in [4.69, 9.17) is 0 Å². The Bertz CT molecular complexity index is 620. The summed E-state index contributed by atoms with van der Waals surface area (Å²) in [4.78, 5) is 10.9. The van der Waals surface area contributed by atoms with E-state index in [1.807, 2.05) is 6.07 Å². The van der Waals surface area contributed by atoms with Gasteiger partial charge in [0.25, 0.3) is 0 Å². The molecule has 0 spiro atoms. The highest BCUT2D eigenvalue weighted by Gasteiger charge is 2.24. The predicted octanol–water partition coefficient (Wildman–Crippen LogP) is 4.62. The zero-order chi connectivity index (χ0) is 17.1. The Hall–Kier alpha value is -1.40. The molecule has 0 aliphatic carbocycles. The van der Waals surface area contributed by atoms with Crippen LogP contribution in [-0.2, 0) is 15.6 Å². The van der Waals surface area contributed by atoms with Crippen LogP contribution in [-0.4, -0.2) is 16.0 Å². The lowest BCUT2D eigenvalue weighted by Gasteiger charge is -2.26. The number of rotatable bonds is 1. The molecule has 0 aliphatic rings. The molecule has 1 rings (SSSR count). The lowest BCUT2D eigenvalue weighted by atomic mass is 9.79. The van der Waals surface area contributed by atoms with Crippen LogP contribution >= 0.6 is 11.8 Å². The van der Waals surface area contributed by atoms with E-state index in [9.17, 15) is 9.90 Å². The van der Waals surface area contributed by atoms with Crippen molar-refractivity contribution in [1.29, 1.82) is 0 Å². The highest BCUT2D eigenvalue weighted by atomic mass is 32.2. The van der Waals surface area contributed by atoms with Crippen molar-refractivity contribution in [3.05, 3.63) is 28.8 Å². The van der Waals surface area contributed by atoms with Crippen LogP contribution in [0.5, 0.6) is 5.75 Å². The smallest absolute Gasteiger partial charge is 0.186 e. The number of hydrogen-bond acceptors (Lipinski definition) is 3. The molecule has 0 aliphatic heterocycles. The maximum Gasteiger partial charge on any atom is 0.186 e. The molecule has 22 heavy (non-hydrogen) atoms. The molecule has 3 heteroatoms. The molecule has 0 unspecified atom stereocenters. The van der Waals surface area contributed by atoms with Gasteiger partial charge in [0.1, 0.15) is 5.75 Å². The van der Waals surface area contributed by atoms with Gasteiger partial charge >= 0.3 is 0 Å². The molecule has 0 aromatic heterocycles. The fourth-order valence-corrected chi connectivity index (χ4v) is 2.35. The number of benzene rings is 1. The maximum absolute atomic E-state index is 10.9. The van der Waals surface area contributed by atoms with Gasteiger partial charge in [-0.1, -0.05) is 71.2 Å². The van der Waals surface area contributed by atoms with E-state index in [0.717, 1.165) is 11.1 Å². The Morgan fingerprint density at radius 2 is 1.73 bits per heavy atom. The number of aromatic hydroxyl groups is 1. The van der Waals surface area contributed by atoms with Gasteiger partial charge in [0.15, 0.2) is 5.12 Å². The summed E-state index contributed by atoms with van der Waals surface area (Å²) < 4.78 is 0. The van der Waals surface area contributed by atoms with Crippen molar-refractivity contribution < 1.29 is 9.90 Å². The number of hydrogen-bond donors (Lipinski definition) is 1. The van der Waals surface area contributed by atoms with Crippen molar-refractivity contribution in [3.63, 3.8) is 0 Å². The first kappa shape index (κ1) is 18.6. The number of carbonyl (C=O) groups is 1. The summed E-state index contributed by atoms with van der Waals surface area (Å²) in [5.41, 5.74) is 2.53. The lowest BCUT2D eigenvalue weighted by molar-refractivity contribution is -0.109. The fraction of sp³-hybridized carbons (Fsp3) is 0.526. The predicted molar refractivity (Wildman–Crippen MR) is 95.5 cm³/mol. The van der Waals surface area contributed by atoms with Crippen molar-refractivity contribution in [2.45, 2.75) is 59.3 Å².